The number of para-hydroxylation sites is 1. The molecule has 3 N–H and O–H groups in total. The van der Waals surface area contributed by atoms with Gasteiger partial charge in [0.15, 0.2) is 5.11 Å². The van der Waals surface area contributed by atoms with Crippen LogP contribution in [-0.4, -0.2) is 16.4 Å². The van der Waals surface area contributed by atoms with Crippen LogP contribution >= 0.6 is 12.2 Å². The molecule has 0 atom stereocenters. The minimum Gasteiger partial charge on any atom is -0.507 e. The summed E-state index contributed by atoms with van der Waals surface area (Å²) in [6, 6.07) is 13.0. The number of phenolic OH excluding ortho intramolecular Hbond substituents is 1. The molecule has 2 aromatic carbocycles. The third-order valence-corrected chi connectivity index (χ3v) is 3.13. The Morgan fingerprint density at radius 2 is 1.95 bits per heavy atom. The summed E-state index contributed by atoms with van der Waals surface area (Å²) in [5, 5.41) is 17.1. The Balaban J connectivity index is 1.95. The molecule has 0 radical (unpaired) electrons. The first-order valence-electron chi connectivity index (χ1n) is 6.51. The van der Waals surface area contributed by atoms with E-state index in [1.165, 1.54) is 11.8 Å². The number of benzene rings is 2. The van der Waals surface area contributed by atoms with Gasteiger partial charge >= 0.3 is 0 Å². The van der Waals surface area contributed by atoms with Gasteiger partial charge in [-0.3, -0.25) is 5.43 Å². The molecule has 5 heteroatoms. The van der Waals surface area contributed by atoms with Gasteiger partial charge in [-0.15, -0.1) is 0 Å². The van der Waals surface area contributed by atoms with Gasteiger partial charge in [0.1, 0.15) is 5.75 Å². The van der Waals surface area contributed by atoms with E-state index in [4.69, 9.17) is 12.2 Å². The first-order valence-corrected chi connectivity index (χ1v) is 6.92. The number of thiocarbonyl (C=S) groups is 1. The maximum Gasteiger partial charge on any atom is 0.191 e. The van der Waals surface area contributed by atoms with Crippen molar-refractivity contribution in [2.45, 2.75) is 13.8 Å². The summed E-state index contributed by atoms with van der Waals surface area (Å²) >= 11 is 5.18. The molecule has 0 fully saturated rings. The van der Waals surface area contributed by atoms with E-state index in [1.807, 2.05) is 32.0 Å². The van der Waals surface area contributed by atoms with Gasteiger partial charge in [0.25, 0.3) is 0 Å². The predicted octanol–water partition coefficient (Wildman–Crippen LogP) is 3.33. The maximum atomic E-state index is 9.61. The highest BCUT2D eigenvalue weighted by atomic mass is 32.1. The van der Waals surface area contributed by atoms with Crippen LogP contribution in [0.1, 0.15) is 16.7 Å². The number of phenols is 1. The summed E-state index contributed by atoms with van der Waals surface area (Å²) in [6.07, 6.45) is 1.52. The van der Waals surface area contributed by atoms with Crippen LogP contribution in [0.3, 0.4) is 0 Å². The minimum atomic E-state index is 0.177. The molecule has 0 unspecified atom stereocenters. The van der Waals surface area contributed by atoms with E-state index >= 15 is 0 Å². The van der Waals surface area contributed by atoms with Crippen LogP contribution in [0.4, 0.5) is 5.69 Å². The number of hydrogen-bond acceptors (Lipinski definition) is 3. The molecule has 2 aromatic rings. The molecule has 0 amide bonds. The second-order valence-corrected chi connectivity index (χ2v) is 5.11. The summed E-state index contributed by atoms with van der Waals surface area (Å²) in [5.41, 5.74) is 6.61. The zero-order chi connectivity index (χ0) is 15.2. The zero-order valence-corrected chi connectivity index (χ0v) is 12.7. The standard InChI is InChI=1S/C16H17N3OS/c1-11-7-8-14(12(2)9-11)18-16(21)19-17-10-13-5-3-4-6-15(13)20/h3-10,20H,1-2H3,(H2,18,19,21). The molecule has 0 spiro atoms. The van der Waals surface area contributed by atoms with Crippen LogP contribution in [-0.2, 0) is 0 Å². The predicted molar refractivity (Wildman–Crippen MR) is 91.0 cm³/mol. The van der Waals surface area contributed by atoms with Crippen molar-refractivity contribution < 1.29 is 5.11 Å². The quantitative estimate of drug-likeness (QED) is 0.462. The van der Waals surface area contributed by atoms with Crippen LogP contribution in [0.15, 0.2) is 47.6 Å². The summed E-state index contributed by atoms with van der Waals surface area (Å²) in [7, 11) is 0. The van der Waals surface area contributed by atoms with E-state index in [1.54, 1.807) is 18.2 Å². The highest BCUT2D eigenvalue weighted by molar-refractivity contribution is 7.80. The summed E-state index contributed by atoms with van der Waals surface area (Å²) in [5.74, 6) is 0.177. The van der Waals surface area contributed by atoms with Crippen molar-refractivity contribution in [3.63, 3.8) is 0 Å². The van der Waals surface area contributed by atoms with Crippen LogP contribution < -0.4 is 10.7 Å². The summed E-state index contributed by atoms with van der Waals surface area (Å²) in [4.78, 5) is 0. The maximum absolute atomic E-state index is 9.61. The SMILES string of the molecule is Cc1ccc(NC(=S)NN=Cc2ccccc2O)c(C)c1. The fraction of sp³-hybridized carbons (Fsp3) is 0.125. The Hall–Kier alpha value is -2.40. The van der Waals surface area contributed by atoms with Gasteiger partial charge in [0.2, 0.25) is 0 Å². The first kappa shape index (κ1) is 15.0. The van der Waals surface area contributed by atoms with E-state index in [0.717, 1.165) is 11.3 Å². The Morgan fingerprint density at radius 3 is 2.67 bits per heavy atom. The third-order valence-electron chi connectivity index (χ3n) is 2.94. The lowest BCUT2D eigenvalue weighted by Gasteiger charge is -2.10. The van der Waals surface area contributed by atoms with Crippen molar-refractivity contribution >= 4 is 29.2 Å². The average Bonchev–Trinajstić information content (AvgIpc) is 2.44. The molecule has 2 rings (SSSR count). The fourth-order valence-corrected chi connectivity index (χ4v) is 2.02. The van der Waals surface area contributed by atoms with Gasteiger partial charge in [-0.1, -0.05) is 29.8 Å². The van der Waals surface area contributed by atoms with Crippen molar-refractivity contribution in [2.75, 3.05) is 5.32 Å². The van der Waals surface area contributed by atoms with Crippen molar-refractivity contribution in [1.82, 2.24) is 5.43 Å². The number of hydrogen-bond donors (Lipinski definition) is 3. The molecule has 0 heterocycles. The van der Waals surface area contributed by atoms with E-state index in [0.29, 0.717) is 10.7 Å². The highest BCUT2D eigenvalue weighted by Crippen LogP contribution is 2.16. The third kappa shape index (κ3) is 4.29. The molecule has 0 aliphatic carbocycles. The molecular weight excluding hydrogens is 282 g/mol. The number of rotatable bonds is 3. The molecule has 0 aliphatic rings. The molecule has 0 aliphatic heterocycles. The largest absolute Gasteiger partial charge is 0.507 e. The van der Waals surface area contributed by atoms with Crippen LogP contribution in [0.5, 0.6) is 5.75 Å². The topological polar surface area (TPSA) is 56.7 Å². The van der Waals surface area contributed by atoms with Crippen LogP contribution in [0.2, 0.25) is 0 Å². The number of aromatic hydroxyl groups is 1. The number of anilines is 1. The molecule has 0 saturated heterocycles. The molecule has 4 nitrogen and oxygen atoms in total. The van der Waals surface area contributed by atoms with Gasteiger partial charge in [0, 0.05) is 11.3 Å². The van der Waals surface area contributed by atoms with Crippen molar-refractivity contribution in [2.24, 2.45) is 5.10 Å². The van der Waals surface area contributed by atoms with Crippen molar-refractivity contribution in [1.29, 1.82) is 0 Å². The number of nitrogens with zero attached hydrogens (tertiary/aromatic N) is 1. The van der Waals surface area contributed by atoms with Gasteiger partial charge in [0.05, 0.1) is 6.21 Å². The highest BCUT2D eigenvalue weighted by Gasteiger charge is 2.00. The molecular formula is C16H17N3OS. The van der Waals surface area contributed by atoms with Gasteiger partial charge in [-0.2, -0.15) is 5.10 Å². The van der Waals surface area contributed by atoms with Crippen LogP contribution in [0, 0.1) is 13.8 Å². The Morgan fingerprint density at radius 1 is 1.19 bits per heavy atom. The summed E-state index contributed by atoms with van der Waals surface area (Å²) in [6.45, 7) is 4.06. The van der Waals surface area contributed by atoms with Gasteiger partial charge in [-0.05, 0) is 49.8 Å². The Kier molecular flexibility index (Phi) is 4.90. The lowest BCUT2D eigenvalue weighted by Crippen LogP contribution is -2.24. The van der Waals surface area contributed by atoms with Crippen LogP contribution in [0.25, 0.3) is 0 Å². The van der Waals surface area contributed by atoms with E-state index in [2.05, 4.69) is 21.9 Å². The molecule has 0 bridgehead atoms. The lowest BCUT2D eigenvalue weighted by molar-refractivity contribution is 0.474. The first-order chi connectivity index (χ1) is 10.1. The van der Waals surface area contributed by atoms with E-state index in [-0.39, 0.29) is 5.75 Å². The van der Waals surface area contributed by atoms with E-state index < -0.39 is 0 Å². The zero-order valence-electron chi connectivity index (χ0n) is 11.9. The second-order valence-electron chi connectivity index (χ2n) is 4.70. The fourth-order valence-electron chi connectivity index (χ4n) is 1.86. The Labute approximate surface area is 129 Å². The number of hydrazone groups is 1. The van der Waals surface area contributed by atoms with Crippen molar-refractivity contribution in [3.8, 4) is 5.75 Å². The molecule has 21 heavy (non-hydrogen) atoms. The number of aryl methyl sites for hydroxylation is 2. The number of nitrogens with one attached hydrogen (secondary N) is 2. The second kappa shape index (κ2) is 6.85. The molecule has 0 saturated carbocycles. The van der Waals surface area contributed by atoms with Gasteiger partial charge < -0.3 is 10.4 Å². The average molecular weight is 299 g/mol. The monoisotopic (exact) mass is 299 g/mol. The minimum absolute atomic E-state index is 0.177. The lowest BCUT2D eigenvalue weighted by atomic mass is 10.1. The smallest absolute Gasteiger partial charge is 0.191 e. The van der Waals surface area contributed by atoms with Crippen molar-refractivity contribution in [3.05, 3.63) is 59.2 Å². The van der Waals surface area contributed by atoms with Gasteiger partial charge in [-0.25, -0.2) is 0 Å². The molecule has 0 aromatic heterocycles. The molecule has 108 valence electrons. The summed E-state index contributed by atoms with van der Waals surface area (Å²) < 4.78 is 0. The normalized spacial score (nSPS) is 10.6. The van der Waals surface area contributed by atoms with E-state index in [9.17, 15) is 5.11 Å². The Bertz CT molecular complexity index is 683.